The summed E-state index contributed by atoms with van der Waals surface area (Å²) in [6, 6.07) is 5.90. The molecule has 6 nitrogen and oxygen atoms in total. The van der Waals surface area contributed by atoms with Crippen molar-refractivity contribution in [3.05, 3.63) is 35.2 Å². The molecule has 1 aromatic carbocycles. The number of thioether (sulfide) groups is 1. The number of nitrogens with zero attached hydrogens (tertiary/aromatic N) is 2. The van der Waals surface area contributed by atoms with Gasteiger partial charge in [-0.25, -0.2) is 0 Å². The van der Waals surface area contributed by atoms with Crippen molar-refractivity contribution >= 4 is 17.7 Å². The largest absolute Gasteiger partial charge is 0.484 e. The fraction of sp³-hybridized carbons (Fsp3) is 0.308. The fourth-order valence-corrected chi connectivity index (χ4v) is 2.14. The molecule has 1 heterocycles. The molecule has 0 bridgehead atoms. The summed E-state index contributed by atoms with van der Waals surface area (Å²) in [4.78, 5) is 10.4. The zero-order valence-corrected chi connectivity index (χ0v) is 11.9. The minimum absolute atomic E-state index is 0.112. The normalized spacial score (nSPS) is 10.5. The zero-order valence-electron chi connectivity index (χ0n) is 11.1. The first-order chi connectivity index (χ1) is 9.52. The van der Waals surface area contributed by atoms with Crippen molar-refractivity contribution < 1.29 is 19.1 Å². The maximum atomic E-state index is 10.4. The third kappa shape index (κ3) is 4.27. The van der Waals surface area contributed by atoms with Crippen LogP contribution in [-0.4, -0.2) is 27.0 Å². The molecule has 0 radical (unpaired) electrons. The molecule has 0 aliphatic carbocycles. The Morgan fingerprint density at radius 1 is 1.30 bits per heavy atom. The van der Waals surface area contributed by atoms with Gasteiger partial charge < -0.3 is 14.3 Å². The Hall–Kier alpha value is -2.02. The molecule has 0 atom stereocenters. The molecule has 0 fully saturated rings. The topological polar surface area (TPSA) is 85.5 Å². The van der Waals surface area contributed by atoms with Crippen molar-refractivity contribution in [1.82, 2.24) is 10.2 Å². The maximum absolute atomic E-state index is 10.4. The van der Waals surface area contributed by atoms with Gasteiger partial charge >= 0.3 is 5.97 Å². The summed E-state index contributed by atoms with van der Waals surface area (Å²) in [7, 11) is 0. The molecule has 7 heteroatoms. The third-order valence-electron chi connectivity index (χ3n) is 2.32. The molecule has 1 aromatic heterocycles. The lowest BCUT2D eigenvalue weighted by Crippen LogP contribution is -1.97. The number of carboxylic acid groups (broad SMARTS) is 1. The molecular formula is C13H14N2O4S. The summed E-state index contributed by atoms with van der Waals surface area (Å²) in [5.74, 6) is 0.0123. The van der Waals surface area contributed by atoms with E-state index < -0.39 is 5.97 Å². The Kier molecular flexibility index (Phi) is 4.62. The van der Waals surface area contributed by atoms with Crippen LogP contribution in [0.2, 0.25) is 0 Å². The standard InChI is InChI=1S/C13H14N2O4S/c1-8-3-9(2)5-10(4-8)18-6-11-14-15-13(19-11)20-7-12(16)17/h3-5H,6-7H2,1-2H3,(H,16,17). The minimum Gasteiger partial charge on any atom is -0.484 e. The van der Waals surface area contributed by atoms with Crippen LogP contribution in [0, 0.1) is 13.8 Å². The average molecular weight is 294 g/mol. The van der Waals surface area contributed by atoms with E-state index in [1.165, 1.54) is 0 Å². The van der Waals surface area contributed by atoms with Crippen LogP contribution < -0.4 is 4.74 Å². The summed E-state index contributed by atoms with van der Waals surface area (Å²) in [5.41, 5.74) is 2.23. The molecule has 106 valence electrons. The first kappa shape index (κ1) is 14.4. The first-order valence-electron chi connectivity index (χ1n) is 5.91. The zero-order chi connectivity index (χ0) is 14.5. The van der Waals surface area contributed by atoms with Crippen LogP contribution >= 0.6 is 11.8 Å². The Balaban J connectivity index is 1.92. The Labute approximate surface area is 120 Å². The number of benzene rings is 1. The summed E-state index contributed by atoms with van der Waals surface area (Å²) in [5, 5.41) is 16.3. The maximum Gasteiger partial charge on any atom is 0.314 e. The van der Waals surface area contributed by atoms with E-state index in [0.717, 1.165) is 28.6 Å². The van der Waals surface area contributed by atoms with E-state index >= 15 is 0 Å². The van der Waals surface area contributed by atoms with Crippen molar-refractivity contribution in [1.29, 1.82) is 0 Å². The Bertz CT molecular complexity index is 592. The van der Waals surface area contributed by atoms with Crippen molar-refractivity contribution in [2.24, 2.45) is 0 Å². The molecule has 0 aliphatic heterocycles. The van der Waals surface area contributed by atoms with Gasteiger partial charge in [0, 0.05) is 0 Å². The van der Waals surface area contributed by atoms with E-state index in [1.807, 2.05) is 26.0 Å². The number of carboxylic acids is 1. The molecule has 2 aromatic rings. The summed E-state index contributed by atoms with van der Waals surface area (Å²) < 4.78 is 10.8. The van der Waals surface area contributed by atoms with E-state index in [1.54, 1.807) is 0 Å². The van der Waals surface area contributed by atoms with Gasteiger partial charge in [-0.15, -0.1) is 10.2 Å². The quantitative estimate of drug-likeness (QED) is 0.819. The highest BCUT2D eigenvalue weighted by Crippen LogP contribution is 2.19. The second-order valence-electron chi connectivity index (χ2n) is 4.26. The monoisotopic (exact) mass is 294 g/mol. The van der Waals surface area contributed by atoms with Gasteiger partial charge in [0.2, 0.25) is 0 Å². The number of rotatable bonds is 6. The van der Waals surface area contributed by atoms with Crippen LogP contribution in [0.5, 0.6) is 5.75 Å². The molecule has 0 spiro atoms. The summed E-state index contributed by atoms with van der Waals surface area (Å²) in [6.07, 6.45) is 0. The number of carbonyl (C=O) groups is 1. The molecule has 0 aliphatic rings. The van der Waals surface area contributed by atoms with E-state index in [9.17, 15) is 4.79 Å². The molecule has 1 N–H and O–H groups in total. The fourth-order valence-electron chi connectivity index (χ4n) is 1.64. The number of ether oxygens (including phenoxy) is 1. The smallest absolute Gasteiger partial charge is 0.314 e. The van der Waals surface area contributed by atoms with Gasteiger partial charge in [-0.1, -0.05) is 17.8 Å². The second kappa shape index (κ2) is 6.42. The lowest BCUT2D eigenvalue weighted by atomic mass is 10.1. The molecule has 0 unspecified atom stereocenters. The van der Waals surface area contributed by atoms with Crippen molar-refractivity contribution in [2.75, 3.05) is 5.75 Å². The van der Waals surface area contributed by atoms with Crippen molar-refractivity contribution in [3.63, 3.8) is 0 Å². The average Bonchev–Trinajstić information content (AvgIpc) is 2.81. The number of aliphatic carboxylic acids is 1. The minimum atomic E-state index is -0.929. The Morgan fingerprint density at radius 3 is 2.65 bits per heavy atom. The van der Waals surface area contributed by atoms with Crippen LogP contribution in [0.4, 0.5) is 0 Å². The summed E-state index contributed by atoms with van der Waals surface area (Å²) in [6.45, 7) is 4.14. The molecule has 0 amide bonds. The summed E-state index contributed by atoms with van der Waals surface area (Å²) >= 11 is 0.981. The predicted octanol–water partition coefficient (Wildman–Crippen LogP) is 2.44. The van der Waals surface area contributed by atoms with Gasteiger partial charge in [0.15, 0.2) is 6.61 Å². The lowest BCUT2D eigenvalue weighted by molar-refractivity contribution is -0.133. The highest BCUT2D eigenvalue weighted by Gasteiger charge is 2.09. The third-order valence-corrected chi connectivity index (χ3v) is 3.13. The molecule has 2 rings (SSSR count). The van der Waals surface area contributed by atoms with E-state index in [0.29, 0.717) is 5.89 Å². The highest BCUT2D eigenvalue weighted by atomic mass is 32.2. The number of aryl methyl sites for hydroxylation is 2. The van der Waals surface area contributed by atoms with Crippen LogP contribution in [0.15, 0.2) is 27.8 Å². The SMILES string of the molecule is Cc1cc(C)cc(OCc2nnc(SCC(=O)O)o2)c1. The van der Waals surface area contributed by atoms with Crippen LogP contribution in [0.25, 0.3) is 0 Å². The number of hydrogen-bond donors (Lipinski definition) is 1. The van der Waals surface area contributed by atoms with Gasteiger partial charge in [-0.05, 0) is 37.1 Å². The lowest BCUT2D eigenvalue weighted by Gasteiger charge is -2.05. The molecule has 0 saturated carbocycles. The van der Waals surface area contributed by atoms with Crippen LogP contribution in [0.1, 0.15) is 17.0 Å². The van der Waals surface area contributed by atoms with Crippen LogP contribution in [-0.2, 0) is 11.4 Å². The van der Waals surface area contributed by atoms with Gasteiger partial charge in [-0.2, -0.15) is 0 Å². The second-order valence-corrected chi connectivity index (χ2v) is 5.18. The van der Waals surface area contributed by atoms with E-state index in [-0.39, 0.29) is 17.6 Å². The Morgan fingerprint density at radius 2 is 2.00 bits per heavy atom. The number of hydrogen-bond acceptors (Lipinski definition) is 6. The van der Waals surface area contributed by atoms with E-state index in [4.69, 9.17) is 14.3 Å². The van der Waals surface area contributed by atoms with Gasteiger partial charge in [-0.3, -0.25) is 4.79 Å². The van der Waals surface area contributed by atoms with Gasteiger partial charge in [0.1, 0.15) is 11.5 Å². The van der Waals surface area contributed by atoms with E-state index in [2.05, 4.69) is 16.3 Å². The molecule has 0 saturated heterocycles. The van der Waals surface area contributed by atoms with Gasteiger partial charge in [0.05, 0.1) is 0 Å². The molecule has 20 heavy (non-hydrogen) atoms. The number of aromatic nitrogens is 2. The first-order valence-corrected chi connectivity index (χ1v) is 6.89. The molecular weight excluding hydrogens is 280 g/mol. The van der Waals surface area contributed by atoms with Gasteiger partial charge in [0.25, 0.3) is 11.1 Å². The highest BCUT2D eigenvalue weighted by molar-refractivity contribution is 7.99. The predicted molar refractivity (Wildman–Crippen MR) is 72.9 cm³/mol. The van der Waals surface area contributed by atoms with Crippen LogP contribution in [0.3, 0.4) is 0 Å². The van der Waals surface area contributed by atoms with Crippen molar-refractivity contribution in [2.45, 2.75) is 25.7 Å². The van der Waals surface area contributed by atoms with Crippen molar-refractivity contribution in [3.8, 4) is 5.75 Å².